The first kappa shape index (κ1) is 8.81. The summed E-state index contributed by atoms with van der Waals surface area (Å²) in [5.74, 6) is 0. The Balaban J connectivity index is 2.64. The van der Waals surface area contributed by atoms with E-state index in [1.54, 1.807) is 6.20 Å². The fraction of sp³-hybridized carbons (Fsp3) is 0.200. The van der Waals surface area contributed by atoms with Gasteiger partial charge in [0.15, 0.2) is 0 Å². The lowest BCUT2D eigenvalue weighted by atomic mass is 10.1. The van der Waals surface area contributed by atoms with Crippen molar-refractivity contribution in [2.24, 2.45) is 5.73 Å². The Morgan fingerprint density at radius 2 is 2.00 bits per heavy atom. The fourth-order valence-electron chi connectivity index (χ4n) is 1.05. The summed E-state index contributed by atoms with van der Waals surface area (Å²) < 4.78 is 0. The molecule has 2 heteroatoms. The maximum atomic E-state index is 5.43. The van der Waals surface area contributed by atoms with Crippen molar-refractivity contribution in [3.8, 4) is 0 Å². The molecular weight excluding hydrogens is 148 g/mol. The van der Waals surface area contributed by atoms with E-state index in [9.17, 15) is 0 Å². The zero-order valence-electron chi connectivity index (χ0n) is 7.09. The molecule has 0 heterocycles. The van der Waals surface area contributed by atoms with E-state index in [0.717, 1.165) is 12.1 Å². The number of rotatable bonds is 4. The van der Waals surface area contributed by atoms with Gasteiger partial charge in [-0.15, -0.1) is 0 Å². The molecule has 0 bridgehead atoms. The summed E-state index contributed by atoms with van der Waals surface area (Å²) in [7, 11) is 0. The fourth-order valence-corrected chi connectivity index (χ4v) is 1.05. The summed E-state index contributed by atoms with van der Waals surface area (Å²) in [6.45, 7) is 4.29. The molecule has 0 aliphatic carbocycles. The topological polar surface area (TPSA) is 38.0 Å². The molecule has 0 aromatic heterocycles. The van der Waals surface area contributed by atoms with Gasteiger partial charge in [-0.05, 0) is 36.9 Å². The van der Waals surface area contributed by atoms with Crippen LogP contribution in [0, 0.1) is 0 Å². The Morgan fingerprint density at radius 3 is 2.50 bits per heavy atom. The van der Waals surface area contributed by atoms with E-state index in [1.807, 2.05) is 12.1 Å². The molecule has 1 aromatic rings. The SMILES string of the molecule is C=CNc1ccc(CCN)cc1. The van der Waals surface area contributed by atoms with Crippen LogP contribution in [0.2, 0.25) is 0 Å². The first-order valence-electron chi connectivity index (χ1n) is 4.03. The summed E-state index contributed by atoms with van der Waals surface area (Å²) >= 11 is 0. The average Bonchev–Trinajstić information content (AvgIpc) is 2.09. The highest BCUT2D eigenvalue weighted by Gasteiger charge is 1.90. The van der Waals surface area contributed by atoms with E-state index in [0.29, 0.717) is 6.54 Å². The molecule has 0 fully saturated rings. The number of anilines is 1. The van der Waals surface area contributed by atoms with E-state index in [-0.39, 0.29) is 0 Å². The van der Waals surface area contributed by atoms with Gasteiger partial charge in [-0.25, -0.2) is 0 Å². The van der Waals surface area contributed by atoms with Crippen LogP contribution < -0.4 is 11.1 Å². The molecule has 0 saturated carbocycles. The van der Waals surface area contributed by atoms with Crippen molar-refractivity contribution >= 4 is 5.69 Å². The van der Waals surface area contributed by atoms with Crippen LogP contribution in [0.15, 0.2) is 37.0 Å². The van der Waals surface area contributed by atoms with Gasteiger partial charge < -0.3 is 11.1 Å². The molecule has 0 unspecified atom stereocenters. The predicted molar refractivity (Wildman–Crippen MR) is 53.0 cm³/mol. The van der Waals surface area contributed by atoms with Crippen LogP contribution in [0.25, 0.3) is 0 Å². The highest BCUT2D eigenvalue weighted by atomic mass is 14.8. The van der Waals surface area contributed by atoms with Crippen molar-refractivity contribution in [3.05, 3.63) is 42.6 Å². The van der Waals surface area contributed by atoms with Crippen LogP contribution in [0.3, 0.4) is 0 Å². The van der Waals surface area contributed by atoms with Crippen molar-refractivity contribution in [2.45, 2.75) is 6.42 Å². The molecule has 1 aromatic carbocycles. The van der Waals surface area contributed by atoms with Crippen LogP contribution in [0.4, 0.5) is 5.69 Å². The molecule has 0 saturated heterocycles. The molecule has 0 radical (unpaired) electrons. The lowest BCUT2D eigenvalue weighted by molar-refractivity contribution is 0.969. The Labute approximate surface area is 73.1 Å². The highest BCUT2D eigenvalue weighted by molar-refractivity contribution is 5.46. The molecule has 12 heavy (non-hydrogen) atoms. The van der Waals surface area contributed by atoms with Gasteiger partial charge >= 0.3 is 0 Å². The van der Waals surface area contributed by atoms with Gasteiger partial charge in [0, 0.05) is 5.69 Å². The summed E-state index contributed by atoms with van der Waals surface area (Å²) in [6.07, 6.45) is 2.60. The first-order chi connectivity index (χ1) is 5.86. The molecule has 64 valence electrons. The van der Waals surface area contributed by atoms with Crippen LogP contribution in [0.1, 0.15) is 5.56 Å². The van der Waals surface area contributed by atoms with Crippen molar-refractivity contribution in [3.63, 3.8) is 0 Å². The minimum Gasteiger partial charge on any atom is -0.362 e. The van der Waals surface area contributed by atoms with Crippen molar-refractivity contribution in [1.82, 2.24) is 0 Å². The van der Waals surface area contributed by atoms with Gasteiger partial charge in [-0.1, -0.05) is 18.7 Å². The summed E-state index contributed by atoms with van der Waals surface area (Å²) in [5.41, 5.74) is 7.76. The van der Waals surface area contributed by atoms with E-state index in [4.69, 9.17) is 5.73 Å². The summed E-state index contributed by atoms with van der Waals surface area (Å²) in [5, 5.41) is 3.01. The second-order valence-corrected chi connectivity index (χ2v) is 2.58. The monoisotopic (exact) mass is 162 g/mol. The lowest BCUT2D eigenvalue weighted by Crippen LogP contribution is -2.02. The van der Waals surface area contributed by atoms with E-state index in [2.05, 4.69) is 24.0 Å². The van der Waals surface area contributed by atoms with Crippen LogP contribution in [0.5, 0.6) is 0 Å². The van der Waals surface area contributed by atoms with E-state index in [1.165, 1.54) is 5.56 Å². The summed E-state index contributed by atoms with van der Waals surface area (Å²) in [4.78, 5) is 0. The number of hydrogen-bond acceptors (Lipinski definition) is 2. The van der Waals surface area contributed by atoms with Crippen LogP contribution in [-0.4, -0.2) is 6.54 Å². The molecule has 0 aliphatic rings. The lowest BCUT2D eigenvalue weighted by Gasteiger charge is -2.01. The number of nitrogens with two attached hydrogens (primary N) is 1. The second kappa shape index (κ2) is 4.57. The number of hydrogen-bond donors (Lipinski definition) is 2. The van der Waals surface area contributed by atoms with Gasteiger partial charge in [0.1, 0.15) is 0 Å². The zero-order chi connectivity index (χ0) is 8.81. The zero-order valence-corrected chi connectivity index (χ0v) is 7.09. The minimum atomic E-state index is 0.703. The van der Waals surface area contributed by atoms with E-state index < -0.39 is 0 Å². The number of benzene rings is 1. The highest BCUT2D eigenvalue weighted by Crippen LogP contribution is 2.09. The third-order valence-corrected chi connectivity index (χ3v) is 1.66. The molecule has 0 aliphatic heterocycles. The van der Waals surface area contributed by atoms with Crippen LogP contribution >= 0.6 is 0 Å². The Kier molecular flexibility index (Phi) is 3.35. The largest absolute Gasteiger partial charge is 0.362 e. The smallest absolute Gasteiger partial charge is 0.0379 e. The third kappa shape index (κ3) is 2.40. The quantitative estimate of drug-likeness (QED) is 0.707. The first-order valence-corrected chi connectivity index (χ1v) is 4.03. The number of nitrogens with one attached hydrogen (secondary N) is 1. The average molecular weight is 162 g/mol. The standard InChI is InChI=1S/C10H14N2/c1-2-12-10-5-3-9(4-6-10)7-8-11/h2-6,12H,1,7-8,11H2. The molecule has 0 spiro atoms. The van der Waals surface area contributed by atoms with Gasteiger partial charge in [0.2, 0.25) is 0 Å². The molecule has 2 nitrogen and oxygen atoms in total. The van der Waals surface area contributed by atoms with Crippen LogP contribution in [-0.2, 0) is 6.42 Å². The third-order valence-electron chi connectivity index (χ3n) is 1.66. The van der Waals surface area contributed by atoms with E-state index >= 15 is 0 Å². The predicted octanol–water partition coefficient (Wildman–Crippen LogP) is 1.74. The molecule has 0 amide bonds. The molecule has 1 rings (SSSR count). The molecule has 3 N–H and O–H groups in total. The maximum absolute atomic E-state index is 5.43. The maximum Gasteiger partial charge on any atom is 0.0379 e. The van der Waals surface area contributed by atoms with Gasteiger partial charge in [0.05, 0.1) is 0 Å². The van der Waals surface area contributed by atoms with Gasteiger partial charge in [-0.3, -0.25) is 0 Å². The Morgan fingerprint density at radius 1 is 1.33 bits per heavy atom. The normalized spacial score (nSPS) is 9.42. The molecular formula is C10H14N2. The van der Waals surface area contributed by atoms with Crippen molar-refractivity contribution in [2.75, 3.05) is 11.9 Å². The Hall–Kier alpha value is -1.28. The van der Waals surface area contributed by atoms with Gasteiger partial charge in [0.25, 0.3) is 0 Å². The summed E-state index contributed by atoms with van der Waals surface area (Å²) in [6, 6.07) is 8.18. The minimum absolute atomic E-state index is 0.703. The van der Waals surface area contributed by atoms with Gasteiger partial charge in [-0.2, -0.15) is 0 Å². The van der Waals surface area contributed by atoms with Crippen molar-refractivity contribution in [1.29, 1.82) is 0 Å². The Bertz CT molecular complexity index is 239. The molecule has 0 atom stereocenters. The van der Waals surface area contributed by atoms with Crippen molar-refractivity contribution < 1.29 is 0 Å². The second-order valence-electron chi connectivity index (χ2n) is 2.58.